The van der Waals surface area contributed by atoms with Crippen LogP contribution in [-0.2, 0) is 4.74 Å². The van der Waals surface area contributed by atoms with E-state index in [9.17, 15) is 0 Å². The second-order valence-corrected chi connectivity index (χ2v) is 1.03. The van der Waals surface area contributed by atoms with Crippen LogP contribution in [0, 0.1) is 24.7 Å². The van der Waals surface area contributed by atoms with Gasteiger partial charge in [-0.25, -0.2) is 0 Å². The van der Waals surface area contributed by atoms with Crippen LogP contribution in [0.5, 0.6) is 0 Å². The summed E-state index contributed by atoms with van der Waals surface area (Å²) in [5.41, 5.74) is 0. The van der Waals surface area contributed by atoms with E-state index in [4.69, 9.17) is 18.0 Å². The molecule has 0 saturated carbocycles. The van der Waals surface area contributed by atoms with Gasteiger partial charge in [0.05, 0.1) is 0 Å². The fourth-order valence-electron chi connectivity index (χ4n) is 0.175. The van der Waals surface area contributed by atoms with Crippen LogP contribution in [-0.4, -0.2) is 18.0 Å². The summed E-state index contributed by atoms with van der Waals surface area (Å²) in [6.45, 7) is 0.0470. The third-order valence-electron chi connectivity index (χ3n) is 0.467. The van der Waals surface area contributed by atoms with Crippen LogP contribution in [0.3, 0.4) is 0 Å². The van der Waals surface area contributed by atoms with E-state index in [1.54, 1.807) is 0 Å². The van der Waals surface area contributed by atoms with Crippen molar-refractivity contribution in [3.63, 3.8) is 0 Å². The van der Waals surface area contributed by atoms with Crippen LogP contribution >= 0.6 is 0 Å². The number of hydrogen-bond acceptors (Lipinski definition) is 2. The molecule has 0 aliphatic carbocycles. The third-order valence-corrected chi connectivity index (χ3v) is 0.467. The zero-order valence-electron chi connectivity index (χ0n) is 4.29. The molecule has 0 saturated heterocycles. The van der Waals surface area contributed by atoms with Crippen molar-refractivity contribution in [1.82, 2.24) is 0 Å². The first-order valence-electron chi connectivity index (χ1n) is 2.00. The quantitative estimate of drug-likeness (QED) is 0.386. The Bertz CT molecular complexity index is 126. The van der Waals surface area contributed by atoms with Crippen molar-refractivity contribution in [3.05, 3.63) is 0 Å². The molecule has 0 spiro atoms. The Labute approximate surface area is 48.5 Å². The highest BCUT2D eigenvalue weighted by atomic mass is 16.6. The SMILES string of the molecule is C#CCOC(O)C#C. The summed E-state index contributed by atoms with van der Waals surface area (Å²) in [7, 11) is 0. The average Bonchev–Trinajstić information content (AvgIpc) is 1.83. The maximum absolute atomic E-state index is 8.44. The third kappa shape index (κ3) is 3.24. The molecule has 0 aromatic heterocycles. The predicted molar refractivity (Wildman–Crippen MR) is 29.6 cm³/mol. The number of terminal acetylenes is 2. The zero-order chi connectivity index (χ0) is 6.41. The predicted octanol–water partition coefficient (Wildman–Crippen LogP) is -0.412. The van der Waals surface area contributed by atoms with Crippen LogP contribution in [0.2, 0.25) is 0 Å². The summed E-state index contributed by atoms with van der Waals surface area (Å²) in [4.78, 5) is 0. The first-order chi connectivity index (χ1) is 3.81. The molecule has 0 heterocycles. The molecule has 2 heteroatoms. The monoisotopic (exact) mass is 110 g/mol. The van der Waals surface area contributed by atoms with E-state index in [0.29, 0.717) is 0 Å². The number of hydrogen-bond donors (Lipinski definition) is 1. The Morgan fingerprint density at radius 2 is 2.25 bits per heavy atom. The minimum absolute atomic E-state index is 0.0470. The molecule has 0 amide bonds. The molecular weight excluding hydrogens is 104 g/mol. The van der Waals surface area contributed by atoms with Gasteiger partial charge in [-0.05, 0) is 5.92 Å². The van der Waals surface area contributed by atoms with Gasteiger partial charge in [0.2, 0.25) is 6.29 Å². The number of rotatable bonds is 2. The lowest BCUT2D eigenvalue weighted by molar-refractivity contribution is -0.0426. The van der Waals surface area contributed by atoms with Crippen LogP contribution in [0.25, 0.3) is 0 Å². The van der Waals surface area contributed by atoms with E-state index in [-0.39, 0.29) is 6.61 Å². The molecule has 2 nitrogen and oxygen atoms in total. The van der Waals surface area contributed by atoms with Crippen molar-refractivity contribution < 1.29 is 9.84 Å². The molecular formula is C6H6O2. The maximum Gasteiger partial charge on any atom is 0.220 e. The van der Waals surface area contributed by atoms with Crippen LogP contribution in [0.1, 0.15) is 0 Å². The minimum Gasteiger partial charge on any atom is -0.358 e. The molecule has 0 rings (SSSR count). The Kier molecular flexibility index (Phi) is 3.70. The second-order valence-electron chi connectivity index (χ2n) is 1.03. The van der Waals surface area contributed by atoms with Gasteiger partial charge in [0.25, 0.3) is 0 Å². The number of ether oxygens (including phenoxy) is 1. The molecule has 0 aromatic carbocycles. The zero-order valence-corrected chi connectivity index (χ0v) is 4.29. The fraction of sp³-hybridized carbons (Fsp3) is 0.333. The van der Waals surface area contributed by atoms with Gasteiger partial charge in [-0.2, -0.15) is 0 Å². The lowest BCUT2D eigenvalue weighted by atomic mass is 10.6. The molecule has 1 unspecified atom stereocenters. The number of aliphatic hydroxyl groups is 1. The van der Waals surface area contributed by atoms with Crippen molar-refractivity contribution in [1.29, 1.82) is 0 Å². The molecule has 1 atom stereocenters. The van der Waals surface area contributed by atoms with Gasteiger partial charge in [-0.15, -0.1) is 12.8 Å². The molecule has 1 N–H and O–H groups in total. The molecule has 0 radical (unpaired) electrons. The highest BCUT2D eigenvalue weighted by molar-refractivity contribution is 4.90. The van der Waals surface area contributed by atoms with E-state index in [1.807, 2.05) is 5.92 Å². The van der Waals surface area contributed by atoms with Gasteiger partial charge in [-0.3, -0.25) is 0 Å². The Morgan fingerprint density at radius 1 is 1.62 bits per heavy atom. The maximum atomic E-state index is 8.44. The fourth-order valence-corrected chi connectivity index (χ4v) is 0.175. The molecule has 0 bridgehead atoms. The van der Waals surface area contributed by atoms with Crippen LogP contribution < -0.4 is 0 Å². The lowest BCUT2D eigenvalue weighted by Gasteiger charge is -1.98. The van der Waals surface area contributed by atoms with E-state index in [1.165, 1.54) is 0 Å². The van der Waals surface area contributed by atoms with Crippen molar-refractivity contribution in [2.24, 2.45) is 0 Å². The molecule has 42 valence electrons. The number of aliphatic hydroxyl groups excluding tert-OH is 1. The van der Waals surface area contributed by atoms with Gasteiger partial charge in [-0.1, -0.05) is 5.92 Å². The van der Waals surface area contributed by atoms with E-state index in [2.05, 4.69) is 10.7 Å². The lowest BCUT2D eigenvalue weighted by Crippen LogP contribution is -2.07. The smallest absolute Gasteiger partial charge is 0.220 e. The van der Waals surface area contributed by atoms with Gasteiger partial charge in [0, 0.05) is 0 Å². The summed E-state index contributed by atoms with van der Waals surface area (Å²) in [6, 6.07) is 0. The highest BCUT2D eigenvalue weighted by Gasteiger charge is 1.91. The average molecular weight is 110 g/mol. The Morgan fingerprint density at radius 3 is 2.62 bits per heavy atom. The highest BCUT2D eigenvalue weighted by Crippen LogP contribution is 1.79. The topological polar surface area (TPSA) is 29.5 Å². The minimum atomic E-state index is -1.16. The van der Waals surface area contributed by atoms with Gasteiger partial charge >= 0.3 is 0 Å². The first kappa shape index (κ1) is 7.04. The molecule has 0 fully saturated rings. The largest absolute Gasteiger partial charge is 0.358 e. The van der Waals surface area contributed by atoms with Gasteiger partial charge < -0.3 is 9.84 Å². The Balaban J connectivity index is 3.18. The van der Waals surface area contributed by atoms with E-state index < -0.39 is 6.29 Å². The molecule has 0 aliphatic rings. The van der Waals surface area contributed by atoms with Crippen molar-refractivity contribution in [2.45, 2.75) is 6.29 Å². The normalized spacial score (nSPS) is 11.4. The standard InChI is InChI=1S/C6H6O2/c1-3-5-8-6(7)4-2/h1-2,6-7H,5H2. The van der Waals surface area contributed by atoms with Crippen LogP contribution in [0.15, 0.2) is 0 Å². The summed E-state index contributed by atoms with van der Waals surface area (Å²) < 4.78 is 4.42. The molecule has 0 aromatic rings. The molecule has 8 heavy (non-hydrogen) atoms. The van der Waals surface area contributed by atoms with E-state index >= 15 is 0 Å². The van der Waals surface area contributed by atoms with Crippen molar-refractivity contribution >= 4 is 0 Å². The summed E-state index contributed by atoms with van der Waals surface area (Å²) in [5, 5.41) is 8.44. The summed E-state index contributed by atoms with van der Waals surface area (Å²) in [5.74, 6) is 4.09. The van der Waals surface area contributed by atoms with Crippen molar-refractivity contribution in [3.8, 4) is 24.7 Å². The summed E-state index contributed by atoms with van der Waals surface area (Å²) >= 11 is 0. The first-order valence-corrected chi connectivity index (χ1v) is 2.00. The molecule has 0 aliphatic heterocycles. The van der Waals surface area contributed by atoms with Gasteiger partial charge in [0.15, 0.2) is 0 Å². The summed E-state index contributed by atoms with van der Waals surface area (Å²) in [6.07, 6.45) is 8.33. The van der Waals surface area contributed by atoms with Crippen molar-refractivity contribution in [2.75, 3.05) is 6.61 Å². The van der Waals surface area contributed by atoms with Gasteiger partial charge in [0.1, 0.15) is 6.61 Å². The second kappa shape index (κ2) is 4.21. The van der Waals surface area contributed by atoms with E-state index in [0.717, 1.165) is 0 Å². The van der Waals surface area contributed by atoms with Crippen LogP contribution in [0.4, 0.5) is 0 Å². The Hall–Kier alpha value is -0.960.